The van der Waals surface area contributed by atoms with Crippen LogP contribution in [-0.4, -0.2) is 43.7 Å². The summed E-state index contributed by atoms with van der Waals surface area (Å²) in [6, 6.07) is 10.4. The fraction of sp³-hybridized carbons (Fsp3) is 0.350. The van der Waals surface area contributed by atoms with Crippen LogP contribution in [0.15, 0.2) is 45.9 Å². The van der Waals surface area contributed by atoms with Gasteiger partial charge >= 0.3 is 5.97 Å². The molecule has 0 atom stereocenters. The Labute approximate surface area is 162 Å². The molecule has 0 spiro atoms. The predicted octanol–water partition coefficient (Wildman–Crippen LogP) is 2.73. The topological polar surface area (TPSA) is 99.4 Å². The molecule has 8 heteroatoms. The van der Waals surface area contributed by atoms with Crippen molar-refractivity contribution in [2.24, 2.45) is 5.10 Å². The van der Waals surface area contributed by atoms with Crippen molar-refractivity contribution in [3.63, 3.8) is 0 Å². The second-order valence-electron chi connectivity index (χ2n) is 6.30. The number of nitrogens with zero attached hydrogens (tertiary/aromatic N) is 1. The Morgan fingerprint density at radius 3 is 2.57 bits per heavy atom. The van der Waals surface area contributed by atoms with E-state index in [4.69, 9.17) is 18.6 Å². The van der Waals surface area contributed by atoms with Crippen LogP contribution in [0.5, 0.6) is 0 Å². The number of amides is 1. The summed E-state index contributed by atoms with van der Waals surface area (Å²) in [5.74, 6) is -0.484. The van der Waals surface area contributed by atoms with E-state index in [1.54, 1.807) is 50.2 Å². The maximum absolute atomic E-state index is 11.9. The monoisotopic (exact) mass is 386 g/mol. The Balaban J connectivity index is 1.55. The average Bonchev–Trinajstić information content (AvgIpc) is 3.31. The third kappa shape index (κ3) is 5.05. The van der Waals surface area contributed by atoms with Gasteiger partial charge in [-0.15, -0.1) is 0 Å². The Morgan fingerprint density at radius 1 is 1.18 bits per heavy atom. The number of rotatable bonds is 7. The molecule has 1 aromatic carbocycles. The number of carbonyl (C=O) groups excluding carboxylic acids is 2. The minimum absolute atomic E-state index is 0.0561. The van der Waals surface area contributed by atoms with Crippen molar-refractivity contribution < 1.29 is 28.2 Å². The summed E-state index contributed by atoms with van der Waals surface area (Å²) in [5, 5.41) is 3.89. The zero-order valence-corrected chi connectivity index (χ0v) is 15.8. The maximum atomic E-state index is 11.9. The molecule has 148 valence electrons. The van der Waals surface area contributed by atoms with Crippen molar-refractivity contribution in [3.8, 4) is 11.3 Å². The lowest BCUT2D eigenvalue weighted by atomic mass is 10.1. The van der Waals surface area contributed by atoms with E-state index in [-0.39, 0.29) is 18.3 Å². The van der Waals surface area contributed by atoms with Crippen molar-refractivity contribution in [3.05, 3.63) is 47.7 Å². The second kappa shape index (κ2) is 8.81. The summed E-state index contributed by atoms with van der Waals surface area (Å²) >= 11 is 0. The molecule has 2 aromatic rings. The van der Waals surface area contributed by atoms with Crippen LogP contribution in [0.4, 0.5) is 0 Å². The lowest BCUT2D eigenvalue weighted by Crippen LogP contribution is -2.33. The van der Waals surface area contributed by atoms with Crippen molar-refractivity contribution >= 4 is 18.1 Å². The Kier molecular flexibility index (Phi) is 6.23. The number of benzene rings is 1. The van der Waals surface area contributed by atoms with Crippen LogP contribution < -0.4 is 5.43 Å². The molecule has 0 saturated carbocycles. The summed E-state index contributed by atoms with van der Waals surface area (Å²) < 4.78 is 21.4. The van der Waals surface area contributed by atoms with E-state index in [1.165, 1.54) is 6.21 Å². The highest BCUT2D eigenvalue weighted by molar-refractivity contribution is 5.90. The van der Waals surface area contributed by atoms with Gasteiger partial charge < -0.3 is 18.6 Å². The molecule has 2 heterocycles. The van der Waals surface area contributed by atoms with E-state index in [0.29, 0.717) is 36.9 Å². The lowest BCUT2D eigenvalue weighted by Gasteiger charge is -2.20. The minimum atomic E-state index is -0.896. The van der Waals surface area contributed by atoms with Gasteiger partial charge in [-0.3, -0.25) is 4.79 Å². The van der Waals surface area contributed by atoms with Crippen LogP contribution in [0, 0.1) is 0 Å². The molecule has 1 fully saturated rings. The van der Waals surface area contributed by atoms with Crippen LogP contribution in [-0.2, 0) is 19.0 Å². The smallest absolute Gasteiger partial charge is 0.338 e. The summed E-state index contributed by atoms with van der Waals surface area (Å²) in [5.41, 5.74) is 3.71. The van der Waals surface area contributed by atoms with Crippen LogP contribution in [0.2, 0.25) is 0 Å². The zero-order valence-electron chi connectivity index (χ0n) is 15.8. The van der Waals surface area contributed by atoms with Gasteiger partial charge in [-0.25, -0.2) is 10.2 Å². The number of hydrogen-bond acceptors (Lipinski definition) is 7. The summed E-state index contributed by atoms with van der Waals surface area (Å²) in [7, 11) is 0. The van der Waals surface area contributed by atoms with Gasteiger partial charge in [0.1, 0.15) is 11.5 Å². The predicted molar refractivity (Wildman–Crippen MR) is 101 cm³/mol. The Bertz CT molecular complexity index is 850. The van der Waals surface area contributed by atoms with Crippen molar-refractivity contribution in [2.45, 2.75) is 26.1 Å². The average molecular weight is 386 g/mol. The number of nitrogens with one attached hydrogen (secondary N) is 1. The number of ether oxygens (including phenoxy) is 3. The molecule has 1 aliphatic heterocycles. The van der Waals surface area contributed by atoms with Gasteiger partial charge in [0.25, 0.3) is 0 Å². The molecule has 8 nitrogen and oxygen atoms in total. The molecular weight excluding hydrogens is 364 g/mol. The first kappa shape index (κ1) is 19.8. The summed E-state index contributed by atoms with van der Waals surface area (Å²) in [6.07, 6.45) is 1.47. The number of esters is 1. The highest BCUT2D eigenvalue weighted by atomic mass is 16.7. The van der Waals surface area contributed by atoms with Gasteiger partial charge in [-0.1, -0.05) is 12.1 Å². The van der Waals surface area contributed by atoms with Crippen molar-refractivity contribution in [1.82, 2.24) is 5.43 Å². The van der Waals surface area contributed by atoms with Gasteiger partial charge in [0.05, 0.1) is 38.0 Å². The number of hydrogen-bond donors (Lipinski definition) is 1. The van der Waals surface area contributed by atoms with Crippen LogP contribution in [0.3, 0.4) is 0 Å². The van der Waals surface area contributed by atoms with Crippen molar-refractivity contribution in [1.29, 1.82) is 0 Å². The SMILES string of the molecule is CCOC(=O)c1ccc(-c2ccc(/C=N\NC(=O)CC3(C)OCCO3)o2)cc1. The van der Waals surface area contributed by atoms with Crippen LogP contribution in [0.25, 0.3) is 11.3 Å². The highest BCUT2D eigenvalue weighted by Gasteiger charge is 2.33. The summed E-state index contributed by atoms with van der Waals surface area (Å²) in [4.78, 5) is 23.6. The first-order valence-corrected chi connectivity index (χ1v) is 8.96. The van der Waals surface area contributed by atoms with Crippen LogP contribution in [0.1, 0.15) is 36.4 Å². The highest BCUT2D eigenvalue weighted by Crippen LogP contribution is 2.23. The second-order valence-corrected chi connectivity index (χ2v) is 6.30. The lowest BCUT2D eigenvalue weighted by molar-refractivity contribution is -0.159. The maximum Gasteiger partial charge on any atom is 0.338 e. The first-order valence-electron chi connectivity index (χ1n) is 8.96. The third-order valence-electron chi connectivity index (χ3n) is 4.07. The summed E-state index contributed by atoms with van der Waals surface area (Å²) in [6.45, 7) is 4.76. The van der Waals surface area contributed by atoms with Gasteiger partial charge in [0, 0.05) is 5.56 Å². The molecule has 1 aliphatic rings. The quantitative estimate of drug-likeness (QED) is 0.446. The van der Waals surface area contributed by atoms with E-state index >= 15 is 0 Å². The van der Waals surface area contributed by atoms with Gasteiger partial charge in [0.15, 0.2) is 5.79 Å². The zero-order chi connectivity index (χ0) is 20.0. The molecule has 1 aromatic heterocycles. The van der Waals surface area contributed by atoms with E-state index in [2.05, 4.69) is 10.5 Å². The van der Waals surface area contributed by atoms with E-state index < -0.39 is 5.79 Å². The van der Waals surface area contributed by atoms with Gasteiger partial charge in [0.2, 0.25) is 5.91 Å². The van der Waals surface area contributed by atoms with Gasteiger partial charge in [-0.05, 0) is 38.1 Å². The fourth-order valence-corrected chi connectivity index (χ4v) is 2.72. The van der Waals surface area contributed by atoms with E-state index in [0.717, 1.165) is 5.56 Å². The van der Waals surface area contributed by atoms with Gasteiger partial charge in [-0.2, -0.15) is 5.10 Å². The molecule has 1 N–H and O–H groups in total. The molecule has 1 amide bonds. The molecule has 1 saturated heterocycles. The van der Waals surface area contributed by atoms with Crippen molar-refractivity contribution in [2.75, 3.05) is 19.8 Å². The molecule has 3 rings (SSSR count). The molecular formula is C20H22N2O6. The number of furan rings is 1. The molecule has 0 bridgehead atoms. The first-order chi connectivity index (χ1) is 13.5. The normalized spacial score (nSPS) is 15.6. The standard InChI is InChI=1S/C20H22N2O6/c1-3-25-19(24)15-6-4-14(5-7-15)17-9-8-16(28-17)13-21-22-18(23)12-20(2)26-10-11-27-20/h4-9,13H,3,10-12H2,1-2H3,(H,22,23)/b21-13-. The molecule has 0 aliphatic carbocycles. The Hall–Kier alpha value is -2.97. The fourth-order valence-electron chi connectivity index (χ4n) is 2.72. The van der Waals surface area contributed by atoms with Crippen LogP contribution >= 0.6 is 0 Å². The minimum Gasteiger partial charge on any atom is -0.462 e. The molecule has 0 radical (unpaired) electrons. The number of carbonyl (C=O) groups is 2. The molecule has 0 unspecified atom stereocenters. The number of hydrazone groups is 1. The third-order valence-corrected chi connectivity index (χ3v) is 4.07. The van der Waals surface area contributed by atoms with E-state index in [9.17, 15) is 9.59 Å². The molecule has 28 heavy (non-hydrogen) atoms. The van der Waals surface area contributed by atoms with E-state index in [1.807, 2.05) is 0 Å². The Morgan fingerprint density at radius 2 is 1.89 bits per heavy atom. The largest absolute Gasteiger partial charge is 0.462 e.